The number of carbonyl (C=O) groups is 1. The number of hydrogen-bond donors (Lipinski definition) is 3. The van der Waals surface area contributed by atoms with Gasteiger partial charge in [0.2, 0.25) is 5.91 Å². The lowest BCUT2D eigenvalue weighted by Crippen LogP contribution is -2.39. The molecule has 2 aromatic rings. The summed E-state index contributed by atoms with van der Waals surface area (Å²) in [5.41, 5.74) is 1.87. The Morgan fingerprint density at radius 3 is 1.61 bits per heavy atom. The second-order valence-corrected chi connectivity index (χ2v) is 19.2. The van der Waals surface area contributed by atoms with Gasteiger partial charge in [-0.15, -0.1) is 0 Å². The highest BCUT2D eigenvalue weighted by molar-refractivity contribution is 7.86. The first-order valence-corrected chi connectivity index (χ1v) is 21.4. The molecule has 0 aliphatic carbocycles. The van der Waals surface area contributed by atoms with Crippen molar-refractivity contribution in [3.8, 4) is 11.5 Å². The molecule has 12 heteroatoms. The van der Waals surface area contributed by atoms with Gasteiger partial charge in [0, 0.05) is 48.7 Å². The molecule has 1 fully saturated rings. The average Bonchev–Trinajstić information content (AvgIpc) is 3.94. The van der Waals surface area contributed by atoms with Crippen LogP contribution in [0.25, 0.3) is 0 Å². The van der Waals surface area contributed by atoms with Gasteiger partial charge < -0.3 is 29.7 Å². The lowest BCUT2D eigenvalue weighted by molar-refractivity contribution is -0.117. The number of ether oxygens (including phenoxy) is 3. The van der Waals surface area contributed by atoms with Gasteiger partial charge in [0.25, 0.3) is 10.1 Å². The number of amides is 1. The van der Waals surface area contributed by atoms with Gasteiger partial charge in [-0.25, -0.2) is 0 Å². The Morgan fingerprint density at radius 1 is 0.857 bits per heavy atom. The standard InChI is InChI=1S/C26H38O5.C7H13NO.C6H13N.C5H12O3S/c1-5-6-15-29-18-23(28)19-31-25-13-9-22(10-14-25)26(3,4)21-7-11-24(12-8-21)30-17-20(2)16-27;1-5-6(9)8-7(2,3)4;1-6(2,3)7-4-5-7;1-5(2,3)8-9(4,6)7/h7-14,20,23,27-28H,5-6,15-19H2,1-4H3;5H,1H2,2-4H3,(H,8,9);4-5H2,1-3H3;1-4H3. The minimum atomic E-state index is -3.28. The van der Waals surface area contributed by atoms with Crippen LogP contribution < -0.4 is 14.8 Å². The number of hydrogen-bond acceptors (Lipinski definition) is 10. The van der Waals surface area contributed by atoms with Gasteiger partial charge in [-0.1, -0.05) is 65.0 Å². The lowest BCUT2D eigenvalue weighted by Gasteiger charge is -2.26. The fraction of sp³-hybridized carbons (Fsp3) is 0.659. The lowest BCUT2D eigenvalue weighted by atomic mass is 9.78. The molecule has 0 radical (unpaired) electrons. The van der Waals surface area contributed by atoms with Crippen molar-refractivity contribution in [2.75, 3.05) is 52.4 Å². The van der Waals surface area contributed by atoms with E-state index in [4.69, 9.17) is 19.3 Å². The molecular weight excluding hydrogens is 733 g/mol. The molecule has 56 heavy (non-hydrogen) atoms. The molecule has 0 saturated carbocycles. The molecule has 11 nitrogen and oxygen atoms in total. The van der Waals surface area contributed by atoms with Crippen molar-refractivity contribution in [1.29, 1.82) is 0 Å². The maximum Gasteiger partial charge on any atom is 0.264 e. The largest absolute Gasteiger partial charge is 0.493 e. The van der Waals surface area contributed by atoms with Crippen LogP contribution in [0.1, 0.15) is 114 Å². The van der Waals surface area contributed by atoms with E-state index in [0.29, 0.717) is 25.4 Å². The molecule has 3 N–H and O–H groups in total. The van der Waals surface area contributed by atoms with Gasteiger partial charge in [-0.05, 0) is 110 Å². The van der Waals surface area contributed by atoms with Crippen molar-refractivity contribution >= 4 is 16.0 Å². The van der Waals surface area contributed by atoms with Gasteiger partial charge in [0.05, 0.1) is 25.1 Å². The molecule has 1 aliphatic rings. The molecular formula is C44H76N2O9S. The maximum atomic E-state index is 10.6. The monoisotopic (exact) mass is 809 g/mol. The third-order valence-electron chi connectivity index (χ3n) is 7.87. The zero-order valence-electron chi connectivity index (χ0n) is 37.0. The summed E-state index contributed by atoms with van der Waals surface area (Å²) in [4.78, 5) is 13.0. The normalized spacial score (nSPS) is 14.3. The summed E-state index contributed by atoms with van der Waals surface area (Å²) in [5, 5.41) is 21.8. The zero-order chi connectivity index (χ0) is 43.4. The molecule has 2 atom stereocenters. The molecule has 322 valence electrons. The smallest absolute Gasteiger partial charge is 0.264 e. The second kappa shape index (κ2) is 24.7. The van der Waals surface area contributed by atoms with E-state index in [0.717, 1.165) is 30.6 Å². The van der Waals surface area contributed by atoms with Crippen LogP contribution in [0.15, 0.2) is 61.2 Å². The van der Waals surface area contributed by atoms with Crippen molar-refractivity contribution < 1.29 is 41.8 Å². The molecule has 3 rings (SSSR count). The summed E-state index contributed by atoms with van der Waals surface area (Å²) in [6.45, 7) is 33.8. The van der Waals surface area contributed by atoms with E-state index in [-0.39, 0.29) is 36.0 Å². The van der Waals surface area contributed by atoms with Crippen LogP contribution in [0.3, 0.4) is 0 Å². The van der Waals surface area contributed by atoms with Crippen LogP contribution in [0.4, 0.5) is 0 Å². The predicted octanol–water partition coefficient (Wildman–Crippen LogP) is 7.52. The fourth-order valence-corrected chi connectivity index (χ4v) is 5.60. The van der Waals surface area contributed by atoms with Crippen LogP contribution in [-0.2, 0) is 29.2 Å². The van der Waals surface area contributed by atoms with Crippen molar-refractivity contribution in [2.24, 2.45) is 5.92 Å². The highest BCUT2D eigenvalue weighted by Gasteiger charge is 2.29. The highest BCUT2D eigenvalue weighted by Crippen LogP contribution is 2.33. The Bertz CT molecular complexity index is 1490. The van der Waals surface area contributed by atoms with Crippen LogP contribution >= 0.6 is 0 Å². The predicted molar refractivity (Wildman–Crippen MR) is 229 cm³/mol. The van der Waals surface area contributed by atoms with E-state index >= 15 is 0 Å². The van der Waals surface area contributed by atoms with Crippen molar-refractivity contribution in [1.82, 2.24) is 10.2 Å². The van der Waals surface area contributed by atoms with Crippen LogP contribution in [0.5, 0.6) is 11.5 Å². The SMILES string of the molecule is C=CC(=O)NC(C)(C)C.CC(C)(C)N1CC1.CC(C)(C)OS(C)(=O)=O.CCCCOCC(O)COc1ccc(C(C)(C)c2ccc(OCC(C)CO)cc2)cc1. The van der Waals surface area contributed by atoms with Gasteiger partial charge in [0.1, 0.15) is 24.2 Å². The first kappa shape index (κ1) is 53.0. The van der Waals surface area contributed by atoms with Crippen LogP contribution in [-0.4, -0.2) is 105 Å². The molecule has 0 spiro atoms. The molecule has 2 unspecified atom stereocenters. The first-order chi connectivity index (χ1) is 25.6. The van der Waals surface area contributed by atoms with Gasteiger partial charge in [0.15, 0.2) is 0 Å². The number of benzene rings is 2. The number of aliphatic hydroxyl groups excluding tert-OH is 2. The molecule has 2 aromatic carbocycles. The van der Waals surface area contributed by atoms with Crippen LogP contribution in [0.2, 0.25) is 0 Å². The van der Waals surface area contributed by atoms with Crippen molar-refractivity contribution in [3.05, 3.63) is 72.3 Å². The number of nitrogens with one attached hydrogen (secondary N) is 1. The zero-order valence-corrected chi connectivity index (χ0v) is 37.8. The Morgan fingerprint density at radius 2 is 1.32 bits per heavy atom. The number of nitrogens with zero attached hydrogens (tertiary/aromatic N) is 1. The van der Waals surface area contributed by atoms with E-state index in [1.165, 1.54) is 30.3 Å². The Kier molecular flexibility index (Phi) is 23.4. The quantitative estimate of drug-likeness (QED) is 0.0675. The van der Waals surface area contributed by atoms with E-state index < -0.39 is 21.8 Å². The third kappa shape index (κ3) is 26.8. The van der Waals surface area contributed by atoms with E-state index in [1.54, 1.807) is 20.8 Å². The summed E-state index contributed by atoms with van der Waals surface area (Å²) in [5.74, 6) is 1.53. The minimum Gasteiger partial charge on any atom is -0.493 e. The van der Waals surface area contributed by atoms with Crippen LogP contribution in [0, 0.1) is 5.92 Å². The van der Waals surface area contributed by atoms with Crippen molar-refractivity contribution in [2.45, 2.75) is 131 Å². The topological polar surface area (TPSA) is 144 Å². The Hall–Kier alpha value is -3.00. The van der Waals surface area contributed by atoms with E-state index in [9.17, 15) is 18.3 Å². The molecule has 1 aliphatic heterocycles. The second-order valence-electron chi connectivity index (χ2n) is 17.7. The maximum absolute atomic E-state index is 10.6. The van der Waals surface area contributed by atoms with Gasteiger partial charge in [-0.3, -0.25) is 13.9 Å². The van der Waals surface area contributed by atoms with Gasteiger partial charge in [-0.2, -0.15) is 8.42 Å². The summed E-state index contributed by atoms with van der Waals surface area (Å²) < 4.78 is 42.3. The number of carbonyl (C=O) groups excluding carboxylic acids is 1. The molecule has 1 saturated heterocycles. The van der Waals surface area contributed by atoms with E-state index in [2.05, 4.69) is 86.8 Å². The molecule has 1 heterocycles. The molecule has 1 amide bonds. The summed E-state index contributed by atoms with van der Waals surface area (Å²) in [6.07, 6.45) is 3.76. The number of rotatable bonds is 16. The molecule has 0 bridgehead atoms. The van der Waals surface area contributed by atoms with Crippen molar-refractivity contribution in [3.63, 3.8) is 0 Å². The summed E-state index contributed by atoms with van der Waals surface area (Å²) in [6, 6.07) is 16.1. The first-order valence-electron chi connectivity index (χ1n) is 19.6. The van der Waals surface area contributed by atoms with Gasteiger partial charge >= 0.3 is 0 Å². The Labute approximate surface area is 340 Å². The summed E-state index contributed by atoms with van der Waals surface area (Å²) in [7, 11) is -3.28. The summed E-state index contributed by atoms with van der Waals surface area (Å²) >= 11 is 0. The third-order valence-corrected chi connectivity index (χ3v) is 8.68. The molecule has 0 aromatic heterocycles. The fourth-order valence-electron chi connectivity index (χ4n) is 4.70. The average molecular weight is 809 g/mol. The minimum absolute atomic E-state index is 0.117. The highest BCUT2D eigenvalue weighted by atomic mass is 32.2. The van der Waals surface area contributed by atoms with E-state index in [1.807, 2.05) is 52.0 Å². The Balaban J connectivity index is 0.000000970. The number of aliphatic hydroxyl groups is 2. The number of unbranched alkanes of at least 4 members (excludes halogenated alkanes) is 1.